The minimum atomic E-state index is -1.19. The van der Waals surface area contributed by atoms with E-state index in [1.165, 1.54) is 32.4 Å². The number of benzene rings is 1. The lowest BCUT2D eigenvalue weighted by Crippen LogP contribution is -2.58. The number of nitrogens with one attached hydrogen (secondary N) is 3. The van der Waals surface area contributed by atoms with Crippen LogP contribution in [0.15, 0.2) is 34.9 Å². The number of carbonyl (C=O) groups excluding carboxylic acids is 4. The first-order valence-electron chi connectivity index (χ1n) is 12.3. The molecule has 0 radical (unpaired) electrons. The van der Waals surface area contributed by atoms with Crippen molar-refractivity contribution >= 4 is 23.5 Å². The van der Waals surface area contributed by atoms with Gasteiger partial charge in [-0.2, -0.15) is 0 Å². The topological polar surface area (TPSA) is 161 Å². The molecule has 3 rings (SSSR count). The van der Waals surface area contributed by atoms with Crippen LogP contribution in [0, 0.1) is 12.7 Å². The summed E-state index contributed by atoms with van der Waals surface area (Å²) in [6.07, 6.45) is 0.611. The summed E-state index contributed by atoms with van der Waals surface area (Å²) in [6, 6.07) is 3.96. The number of ketones is 1. The maximum absolute atomic E-state index is 13.3. The predicted octanol–water partition coefficient (Wildman–Crippen LogP) is 0.474. The Morgan fingerprint density at radius 1 is 1.00 bits per heavy atom. The molecule has 1 aromatic heterocycles. The summed E-state index contributed by atoms with van der Waals surface area (Å²) >= 11 is 0. The minimum Gasteiger partial charge on any atom is -0.382 e. The van der Waals surface area contributed by atoms with Gasteiger partial charge in [0.05, 0.1) is 25.9 Å². The molecule has 3 amide bonds. The maximum atomic E-state index is 13.3. The quantitative estimate of drug-likeness (QED) is 0.269. The molecule has 212 valence electrons. The van der Waals surface area contributed by atoms with Gasteiger partial charge in [-0.25, -0.2) is 4.39 Å². The number of methoxy groups -OCH3 is 2. The summed E-state index contributed by atoms with van der Waals surface area (Å²) in [5.41, 5.74) is -0.243. The molecule has 1 fully saturated rings. The van der Waals surface area contributed by atoms with Crippen molar-refractivity contribution in [3.8, 4) is 0 Å². The monoisotopic (exact) mass is 548 g/mol. The number of hydrogen-bond acceptors (Lipinski definition) is 9. The van der Waals surface area contributed by atoms with Gasteiger partial charge >= 0.3 is 0 Å². The van der Waals surface area contributed by atoms with Gasteiger partial charge in [-0.3, -0.25) is 19.2 Å². The Hall–Kier alpha value is -3.68. The molecule has 4 atom stereocenters. The third kappa shape index (κ3) is 8.40. The molecular formula is C26H33FN4O8. The summed E-state index contributed by atoms with van der Waals surface area (Å²) in [5, 5.41) is 11.4. The Labute approximate surface area is 224 Å². The van der Waals surface area contributed by atoms with Gasteiger partial charge in [0.25, 0.3) is 5.91 Å². The van der Waals surface area contributed by atoms with Crippen LogP contribution in [0.5, 0.6) is 0 Å². The summed E-state index contributed by atoms with van der Waals surface area (Å²) in [6.45, 7) is 3.08. The zero-order chi connectivity index (χ0) is 28.6. The van der Waals surface area contributed by atoms with Crippen LogP contribution in [-0.4, -0.2) is 86.4 Å². The van der Waals surface area contributed by atoms with Gasteiger partial charge < -0.3 is 34.7 Å². The van der Waals surface area contributed by atoms with E-state index in [4.69, 9.17) is 18.7 Å². The fourth-order valence-electron chi connectivity index (χ4n) is 3.80. The van der Waals surface area contributed by atoms with E-state index in [2.05, 4.69) is 21.1 Å². The Balaban J connectivity index is 1.68. The molecule has 2 aromatic rings. The molecule has 0 bridgehead atoms. The van der Waals surface area contributed by atoms with Gasteiger partial charge in [-0.1, -0.05) is 17.3 Å². The molecule has 1 aliphatic heterocycles. The van der Waals surface area contributed by atoms with Crippen LogP contribution in [0.3, 0.4) is 0 Å². The largest absolute Gasteiger partial charge is 0.382 e. The fourth-order valence-corrected chi connectivity index (χ4v) is 3.80. The Kier molecular flexibility index (Phi) is 10.3. The van der Waals surface area contributed by atoms with Crippen molar-refractivity contribution in [2.45, 2.75) is 50.4 Å². The number of Topliss-reactive ketones (excluding diaryl/α,β-unsaturated/α-hetero) is 1. The average molecular weight is 549 g/mol. The molecule has 0 spiro atoms. The lowest BCUT2D eigenvalue weighted by atomic mass is 9.94. The normalized spacial score (nSPS) is 18.5. The number of aryl methyl sites for hydroxylation is 2. The van der Waals surface area contributed by atoms with E-state index in [0.29, 0.717) is 12.2 Å². The number of halogens is 1. The van der Waals surface area contributed by atoms with Crippen molar-refractivity contribution in [1.82, 2.24) is 21.1 Å². The van der Waals surface area contributed by atoms with Crippen molar-refractivity contribution in [1.29, 1.82) is 0 Å². The summed E-state index contributed by atoms with van der Waals surface area (Å²) in [7, 11) is 2.70. The third-order valence-corrected chi connectivity index (χ3v) is 6.15. The van der Waals surface area contributed by atoms with E-state index in [0.717, 1.165) is 5.56 Å². The highest BCUT2D eigenvalue weighted by Crippen LogP contribution is 2.29. The fraction of sp³-hybridized carbons (Fsp3) is 0.500. The van der Waals surface area contributed by atoms with Crippen LogP contribution in [0.4, 0.5) is 4.39 Å². The van der Waals surface area contributed by atoms with Crippen molar-refractivity contribution in [2.75, 3.05) is 34.0 Å². The predicted molar refractivity (Wildman–Crippen MR) is 134 cm³/mol. The number of amides is 3. The van der Waals surface area contributed by atoms with Gasteiger partial charge in [0.2, 0.25) is 11.8 Å². The van der Waals surface area contributed by atoms with Crippen LogP contribution in [0.1, 0.15) is 35.2 Å². The zero-order valence-electron chi connectivity index (χ0n) is 22.2. The number of rotatable bonds is 15. The standard InChI is InChI=1S/C26H33FN4O8/c1-15-11-19(31-39-15)23(33)29-21(13-37-4)25(35)30-20(12-36-3)24(34)28-18(22(32)26(2)14-38-26)10-7-16-5-8-17(27)9-6-16/h5-6,8-9,11,18,20-21H,7,10,12-14H2,1-4H3,(H,28,34)(H,29,33)(H,30,35)/t18-,20-,21-,26+/m0/s1. The highest BCUT2D eigenvalue weighted by Gasteiger charge is 2.50. The summed E-state index contributed by atoms with van der Waals surface area (Å²) < 4.78 is 33.6. The number of ether oxygens (including phenoxy) is 3. The maximum Gasteiger partial charge on any atom is 0.274 e. The molecule has 39 heavy (non-hydrogen) atoms. The highest BCUT2D eigenvalue weighted by molar-refractivity contribution is 5.99. The van der Waals surface area contributed by atoms with Crippen LogP contribution in [0.2, 0.25) is 0 Å². The van der Waals surface area contributed by atoms with Crippen LogP contribution >= 0.6 is 0 Å². The number of aromatic nitrogens is 1. The molecule has 1 aliphatic rings. The first-order chi connectivity index (χ1) is 18.6. The van der Waals surface area contributed by atoms with E-state index in [9.17, 15) is 23.6 Å². The highest BCUT2D eigenvalue weighted by atomic mass is 19.1. The molecule has 0 unspecified atom stereocenters. The van der Waals surface area contributed by atoms with Crippen LogP contribution in [0.25, 0.3) is 0 Å². The lowest BCUT2D eigenvalue weighted by Gasteiger charge is -2.25. The van der Waals surface area contributed by atoms with E-state index in [-0.39, 0.29) is 43.5 Å². The Morgan fingerprint density at radius 3 is 2.08 bits per heavy atom. The summed E-state index contributed by atoms with van der Waals surface area (Å²) in [4.78, 5) is 51.8. The van der Waals surface area contributed by atoms with Gasteiger partial charge in [0, 0.05) is 20.3 Å². The number of hydrogen-bond donors (Lipinski definition) is 3. The molecule has 1 aromatic carbocycles. The molecule has 2 heterocycles. The van der Waals surface area contributed by atoms with Crippen molar-refractivity contribution < 1.29 is 42.3 Å². The molecule has 1 saturated heterocycles. The van der Waals surface area contributed by atoms with Crippen molar-refractivity contribution in [2.24, 2.45) is 0 Å². The molecular weight excluding hydrogens is 515 g/mol. The van der Waals surface area contributed by atoms with Crippen LogP contribution < -0.4 is 16.0 Å². The number of carbonyl (C=O) groups is 4. The zero-order valence-corrected chi connectivity index (χ0v) is 22.2. The third-order valence-electron chi connectivity index (χ3n) is 6.15. The Morgan fingerprint density at radius 2 is 1.56 bits per heavy atom. The van der Waals surface area contributed by atoms with E-state index in [1.807, 2.05) is 0 Å². The first-order valence-corrected chi connectivity index (χ1v) is 12.3. The van der Waals surface area contributed by atoms with Gasteiger partial charge in [0.15, 0.2) is 11.5 Å². The van der Waals surface area contributed by atoms with Crippen LogP contribution in [-0.2, 0) is 35.0 Å². The molecule has 3 N–H and O–H groups in total. The van der Waals surface area contributed by atoms with Gasteiger partial charge in [-0.15, -0.1) is 0 Å². The molecule has 12 nitrogen and oxygen atoms in total. The van der Waals surface area contributed by atoms with Gasteiger partial charge in [0.1, 0.15) is 29.3 Å². The first kappa shape index (κ1) is 29.9. The Bertz CT molecular complexity index is 1160. The molecule has 0 aliphatic carbocycles. The van der Waals surface area contributed by atoms with E-state index >= 15 is 0 Å². The minimum absolute atomic E-state index is 0.0223. The molecule has 13 heteroatoms. The second-order valence-electron chi connectivity index (χ2n) is 9.43. The summed E-state index contributed by atoms with van der Waals surface area (Å²) in [5.74, 6) is -2.32. The van der Waals surface area contributed by atoms with E-state index in [1.54, 1.807) is 26.0 Å². The smallest absolute Gasteiger partial charge is 0.274 e. The van der Waals surface area contributed by atoms with Crippen molar-refractivity contribution in [3.63, 3.8) is 0 Å². The second-order valence-corrected chi connectivity index (χ2v) is 9.43. The van der Waals surface area contributed by atoms with Gasteiger partial charge in [-0.05, 0) is 44.4 Å². The SMILES string of the molecule is COC[C@H](NC(=O)c1cc(C)on1)C(=O)N[C@@H](COC)C(=O)N[C@@H](CCc1ccc(F)cc1)C(=O)[C@@]1(C)CO1. The average Bonchev–Trinajstić information content (AvgIpc) is 3.51. The lowest BCUT2D eigenvalue weighted by molar-refractivity contribution is -0.134. The number of nitrogens with zero attached hydrogens (tertiary/aromatic N) is 1. The second kappa shape index (κ2) is 13.4. The number of epoxide rings is 1. The van der Waals surface area contributed by atoms with E-state index < -0.39 is 41.4 Å². The molecule has 0 saturated carbocycles. The van der Waals surface area contributed by atoms with Crippen molar-refractivity contribution in [3.05, 3.63) is 53.2 Å².